The van der Waals surface area contributed by atoms with E-state index in [2.05, 4.69) is 11.1 Å². The van der Waals surface area contributed by atoms with Gasteiger partial charge in [-0.1, -0.05) is 13.0 Å². The molecule has 4 nitrogen and oxygen atoms in total. The van der Waals surface area contributed by atoms with Gasteiger partial charge in [-0.2, -0.15) is 5.26 Å². The number of hydrogen-bond donors (Lipinski definition) is 1. The predicted octanol–water partition coefficient (Wildman–Crippen LogP) is 2.17. The molecule has 0 aliphatic rings. The summed E-state index contributed by atoms with van der Waals surface area (Å²) in [6.07, 6.45) is 2.12. The smallest absolute Gasteiger partial charge is 0.154 e. The fourth-order valence-corrected chi connectivity index (χ4v) is 2.79. The van der Waals surface area contributed by atoms with Crippen molar-refractivity contribution in [1.82, 2.24) is 4.98 Å². The van der Waals surface area contributed by atoms with E-state index < -0.39 is 9.84 Å². The van der Waals surface area contributed by atoms with E-state index in [0.717, 1.165) is 22.0 Å². The molecule has 0 fully saturated rings. The van der Waals surface area contributed by atoms with Crippen LogP contribution in [0.5, 0.6) is 0 Å². The number of nitriles is 1. The van der Waals surface area contributed by atoms with Crippen LogP contribution in [0.25, 0.3) is 10.9 Å². The quantitative estimate of drug-likeness (QED) is 0.917. The summed E-state index contributed by atoms with van der Waals surface area (Å²) >= 11 is 0. The summed E-state index contributed by atoms with van der Waals surface area (Å²) in [5.41, 5.74) is 2.60. The molecule has 0 saturated heterocycles. The van der Waals surface area contributed by atoms with Crippen molar-refractivity contribution in [2.45, 2.75) is 19.1 Å². The van der Waals surface area contributed by atoms with Crippen molar-refractivity contribution in [3.05, 3.63) is 35.5 Å². The van der Waals surface area contributed by atoms with Gasteiger partial charge in [0.2, 0.25) is 0 Å². The van der Waals surface area contributed by atoms with Crippen molar-refractivity contribution in [1.29, 1.82) is 5.26 Å². The monoisotopic (exact) mass is 262 g/mol. The Bertz CT molecular complexity index is 708. The minimum atomic E-state index is -3.02. The predicted molar refractivity (Wildman–Crippen MR) is 70.8 cm³/mol. The Labute approximate surface area is 106 Å². The molecule has 94 valence electrons. The lowest BCUT2D eigenvalue weighted by atomic mass is 10.1. The summed E-state index contributed by atoms with van der Waals surface area (Å²) < 4.78 is 23.2. The van der Waals surface area contributed by atoms with Gasteiger partial charge in [-0.05, 0) is 23.3 Å². The minimum Gasteiger partial charge on any atom is -0.361 e. The van der Waals surface area contributed by atoms with Gasteiger partial charge < -0.3 is 4.98 Å². The van der Waals surface area contributed by atoms with Crippen LogP contribution in [0.4, 0.5) is 0 Å². The Hall–Kier alpha value is -1.80. The van der Waals surface area contributed by atoms with Gasteiger partial charge in [0, 0.05) is 22.9 Å². The molecule has 0 amide bonds. The SMILES string of the molecule is CCS(=O)(=O)Cc1ccc2[nH]cc(CC#N)c2c1. The Kier molecular flexibility index (Phi) is 3.39. The molecule has 0 aliphatic heterocycles. The highest BCUT2D eigenvalue weighted by Crippen LogP contribution is 2.21. The zero-order valence-electron chi connectivity index (χ0n) is 10.1. The number of nitrogens with zero attached hydrogens (tertiary/aromatic N) is 1. The van der Waals surface area contributed by atoms with Gasteiger partial charge in [0.05, 0.1) is 18.2 Å². The first-order valence-corrected chi connectivity index (χ1v) is 7.54. The number of nitrogens with one attached hydrogen (secondary N) is 1. The lowest BCUT2D eigenvalue weighted by Gasteiger charge is -2.02. The number of fused-ring (bicyclic) bond motifs is 1. The molecule has 1 heterocycles. The van der Waals surface area contributed by atoms with Crippen LogP contribution in [0.15, 0.2) is 24.4 Å². The molecule has 0 unspecified atom stereocenters. The van der Waals surface area contributed by atoms with Crippen LogP contribution in [0.3, 0.4) is 0 Å². The van der Waals surface area contributed by atoms with Crippen LogP contribution in [0.1, 0.15) is 18.1 Å². The molecular weight excluding hydrogens is 248 g/mol. The number of benzene rings is 1. The second-order valence-corrected chi connectivity index (χ2v) is 6.56. The van der Waals surface area contributed by atoms with Crippen molar-refractivity contribution < 1.29 is 8.42 Å². The first-order valence-electron chi connectivity index (χ1n) is 5.72. The molecule has 0 spiro atoms. The van der Waals surface area contributed by atoms with Crippen LogP contribution < -0.4 is 0 Å². The van der Waals surface area contributed by atoms with Crippen molar-refractivity contribution in [2.24, 2.45) is 0 Å². The molecule has 2 aromatic rings. The molecule has 18 heavy (non-hydrogen) atoms. The average molecular weight is 262 g/mol. The zero-order chi connectivity index (χ0) is 13.2. The highest BCUT2D eigenvalue weighted by molar-refractivity contribution is 7.90. The Morgan fingerprint density at radius 1 is 1.39 bits per heavy atom. The van der Waals surface area contributed by atoms with E-state index in [9.17, 15) is 8.42 Å². The van der Waals surface area contributed by atoms with E-state index in [4.69, 9.17) is 5.26 Å². The summed E-state index contributed by atoms with van der Waals surface area (Å²) in [5, 5.41) is 9.66. The summed E-state index contributed by atoms with van der Waals surface area (Å²) in [6, 6.07) is 7.62. The maximum absolute atomic E-state index is 11.6. The normalized spacial score (nSPS) is 11.6. The zero-order valence-corrected chi connectivity index (χ0v) is 10.9. The molecule has 1 N–H and O–H groups in total. The van der Waals surface area contributed by atoms with Crippen molar-refractivity contribution in [3.8, 4) is 6.07 Å². The van der Waals surface area contributed by atoms with Crippen molar-refractivity contribution >= 4 is 20.7 Å². The number of H-pyrrole nitrogens is 1. The minimum absolute atomic E-state index is 0.0522. The Morgan fingerprint density at radius 3 is 2.83 bits per heavy atom. The highest BCUT2D eigenvalue weighted by Gasteiger charge is 2.10. The number of rotatable bonds is 4. The second kappa shape index (κ2) is 4.83. The molecule has 2 rings (SSSR count). The third-order valence-corrected chi connectivity index (χ3v) is 4.58. The van der Waals surface area contributed by atoms with Gasteiger partial charge in [-0.15, -0.1) is 0 Å². The maximum Gasteiger partial charge on any atom is 0.154 e. The van der Waals surface area contributed by atoms with Crippen molar-refractivity contribution in [2.75, 3.05) is 5.75 Å². The van der Waals surface area contributed by atoms with Crippen LogP contribution in [0, 0.1) is 11.3 Å². The van der Waals surface area contributed by atoms with Gasteiger partial charge in [0.25, 0.3) is 0 Å². The summed E-state index contributed by atoms with van der Waals surface area (Å²) in [7, 11) is -3.02. The van der Waals surface area contributed by atoms with Gasteiger partial charge in [0.15, 0.2) is 9.84 Å². The van der Waals surface area contributed by atoms with Gasteiger partial charge in [-0.25, -0.2) is 8.42 Å². The molecule has 0 atom stereocenters. The number of hydrogen-bond acceptors (Lipinski definition) is 3. The average Bonchev–Trinajstić information content (AvgIpc) is 2.72. The molecule has 1 aromatic carbocycles. The fourth-order valence-electron chi connectivity index (χ4n) is 1.90. The maximum atomic E-state index is 11.6. The highest BCUT2D eigenvalue weighted by atomic mass is 32.2. The first-order chi connectivity index (χ1) is 8.55. The van der Waals surface area contributed by atoms with E-state index in [0.29, 0.717) is 6.42 Å². The lowest BCUT2D eigenvalue weighted by Crippen LogP contribution is -2.06. The van der Waals surface area contributed by atoms with Gasteiger partial charge in [-0.3, -0.25) is 0 Å². The summed E-state index contributed by atoms with van der Waals surface area (Å²) in [5.74, 6) is 0.194. The van der Waals surface area contributed by atoms with Crippen LogP contribution >= 0.6 is 0 Å². The third-order valence-electron chi connectivity index (χ3n) is 2.93. The summed E-state index contributed by atoms with van der Waals surface area (Å²) in [4.78, 5) is 3.08. The molecule has 0 bridgehead atoms. The topological polar surface area (TPSA) is 73.7 Å². The van der Waals surface area contributed by atoms with E-state index in [1.807, 2.05) is 18.2 Å². The van der Waals surface area contributed by atoms with E-state index in [1.165, 1.54) is 0 Å². The molecular formula is C13H14N2O2S. The van der Waals surface area contributed by atoms with Gasteiger partial charge >= 0.3 is 0 Å². The van der Waals surface area contributed by atoms with E-state index >= 15 is 0 Å². The van der Waals surface area contributed by atoms with E-state index in [1.54, 1.807) is 13.1 Å². The van der Waals surface area contributed by atoms with Crippen LogP contribution in [-0.2, 0) is 22.0 Å². The molecule has 0 saturated carbocycles. The van der Waals surface area contributed by atoms with Gasteiger partial charge in [0.1, 0.15) is 0 Å². The molecule has 1 aromatic heterocycles. The third kappa shape index (κ3) is 2.54. The number of aromatic amines is 1. The molecule has 5 heteroatoms. The van der Waals surface area contributed by atoms with Crippen LogP contribution in [0.2, 0.25) is 0 Å². The van der Waals surface area contributed by atoms with Crippen molar-refractivity contribution in [3.63, 3.8) is 0 Å². The summed E-state index contributed by atoms with van der Waals surface area (Å²) in [6.45, 7) is 1.64. The standard InChI is InChI=1S/C13H14N2O2S/c1-2-18(16,17)9-10-3-4-13-12(7-10)11(5-6-14)8-15-13/h3-4,7-8,15H,2,5,9H2,1H3. The largest absolute Gasteiger partial charge is 0.361 e. The van der Waals surface area contributed by atoms with E-state index in [-0.39, 0.29) is 11.5 Å². The second-order valence-electron chi connectivity index (χ2n) is 4.21. The molecule has 0 radical (unpaired) electrons. The molecule has 0 aliphatic carbocycles. The van der Waals surface area contributed by atoms with Crippen LogP contribution in [-0.4, -0.2) is 19.2 Å². The Morgan fingerprint density at radius 2 is 2.17 bits per heavy atom. The first kappa shape index (κ1) is 12.7. The number of aromatic nitrogens is 1. The lowest BCUT2D eigenvalue weighted by molar-refractivity contribution is 0.596. The fraction of sp³-hybridized carbons (Fsp3) is 0.308. The number of sulfone groups is 1. The Balaban J connectivity index is 2.43.